The summed E-state index contributed by atoms with van der Waals surface area (Å²) in [4.78, 5) is 38.1. The van der Waals surface area contributed by atoms with Crippen molar-refractivity contribution in [3.8, 4) is 28.4 Å². The van der Waals surface area contributed by atoms with Crippen LogP contribution in [0.1, 0.15) is 61.9 Å². The molecule has 3 N–H and O–H groups in total. The Labute approximate surface area is 246 Å². The fourth-order valence-corrected chi connectivity index (χ4v) is 5.46. The minimum Gasteiger partial charge on any atom is -0.493 e. The zero-order valence-electron chi connectivity index (χ0n) is 24.8. The first-order valence-electron chi connectivity index (χ1n) is 14.1. The first-order chi connectivity index (χ1) is 20.3. The number of benzene rings is 2. The van der Waals surface area contributed by atoms with Crippen LogP contribution >= 0.6 is 0 Å². The van der Waals surface area contributed by atoms with E-state index in [1.165, 1.54) is 6.92 Å². The highest BCUT2D eigenvalue weighted by Gasteiger charge is 2.29. The fourth-order valence-electron chi connectivity index (χ4n) is 5.46. The van der Waals surface area contributed by atoms with Gasteiger partial charge >= 0.3 is 0 Å². The second-order valence-electron chi connectivity index (χ2n) is 10.3. The Morgan fingerprint density at radius 3 is 2.38 bits per heavy atom. The van der Waals surface area contributed by atoms with Crippen molar-refractivity contribution in [1.82, 2.24) is 10.6 Å². The van der Waals surface area contributed by atoms with Crippen LogP contribution in [-0.2, 0) is 16.0 Å². The molecule has 0 fully saturated rings. The number of carbonyl (C=O) groups excluding carboxylic acids is 2. The van der Waals surface area contributed by atoms with Gasteiger partial charge in [0, 0.05) is 25.5 Å². The minimum atomic E-state index is -0.380. The molecule has 3 aromatic carbocycles. The third-order valence-electron chi connectivity index (χ3n) is 7.49. The highest BCUT2D eigenvalue weighted by atomic mass is 16.5. The molecule has 0 bridgehead atoms. The number of carbonyl (C=O) groups is 2. The average molecular weight is 574 g/mol. The van der Waals surface area contributed by atoms with Crippen LogP contribution in [0.4, 0.5) is 5.69 Å². The van der Waals surface area contributed by atoms with Crippen molar-refractivity contribution < 1.29 is 23.8 Å². The molecule has 0 heterocycles. The van der Waals surface area contributed by atoms with Crippen LogP contribution in [0, 0.1) is 0 Å². The van der Waals surface area contributed by atoms with Crippen molar-refractivity contribution in [2.45, 2.75) is 51.6 Å². The molecule has 9 heteroatoms. The average Bonchev–Trinajstić information content (AvgIpc) is 3.23. The van der Waals surface area contributed by atoms with Gasteiger partial charge in [-0.3, -0.25) is 14.4 Å². The van der Waals surface area contributed by atoms with Crippen molar-refractivity contribution in [3.05, 3.63) is 81.5 Å². The lowest BCUT2D eigenvalue weighted by Gasteiger charge is -2.19. The van der Waals surface area contributed by atoms with Gasteiger partial charge in [-0.05, 0) is 66.6 Å². The molecule has 0 spiro atoms. The van der Waals surface area contributed by atoms with Gasteiger partial charge in [0.1, 0.15) is 0 Å². The van der Waals surface area contributed by atoms with Gasteiger partial charge in [0.15, 0.2) is 11.5 Å². The molecule has 0 aliphatic heterocycles. The second-order valence-corrected chi connectivity index (χ2v) is 10.3. The Hall–Kier alpha value is -4.53. The lowest BCUT2D eigenvalue weighted by Crippen LogP contribution is -2.27. The summed E-state index contributed by atoms with van der Waals surface area (Å²) in [5.74, 6) is 1.26. The van der Waals surface area contributed by atoms with E-state index in [-0.39, 0.29) is 29.3 Å². The van der Waals surface area contributed by atoms with Crippen LogP contribution < -0.4 is 35.6 Å². The SMILES string of the molecule is COc1cc2c(c(OC)c1OC)-c1ccc(NCCCC(=O)N[C@H](C)c3ccccc3)c(=O)cc1[C@@H](NC(C)=O)CC2. The van der Waals surface area contributed by atoms with E-state index >= 15 is 0 Å². The van der Waals surface area contributed by atoms with Crippen molar-refractivity contribution in [2.24, 2.45) is 0 Å². The quantitative estimate of drug-likeness (QED) is 0.279. The van der Waals surface area contributed by atoms with E-state index in [4.69, 9.17) is 14.2 Å². The molecular formula is C33H39N3O6. The summed E-state index contributed by atoms with van der Waals surface area (Å²) in [6.07, 6.45) is 2.08. The van der Waals surface area contributed by atoms with E-state index in [1.807, 2.05) is 49.4 Å². The standard InChI is InChI=1S/C33H39N3O6/c1-20(22-10-7-6-8-11-22)35-30(39)12-9-17-34-27-16-14-24-25(19-28(27)38)26(36-21(2)37)15-13-23-18-29(40-3)32(41-4)33(42-5)31(23)24/h6-8,10-11,14,16,18-20,26H,9,12-13,15,17H2,1-5H3,(H,34,38)(H,35,39)(H,36,37)/t20-,26+/m1/s1. The van der Waals surface area contributed by atoms with Crippen LogP contribution in [0.2, 0.25) is 0 Å². The van der Waals surface area contributed by atoms with Gasteiger partial charge in [-0.1, -0.05) is 36.4 Å². The maximum atomic E-state index is 13.4. The topological polar surface area (TPSA) is 115 Å². The Morgan fingerprint density at radius 2 is 1.71 bits per heavy atom. The number of ether oxygens (including phenoxy) is 3. The lowest BCUT2D eigenvalue weighted by atomic mass is 9.95. The smallest absolute Gasteiger partial charge is 0.220 e. The monoisotopic (exact) mass is 573 g/mol. The zero-order valence-corrected chi connectivity index (χ0v) is 24.8. The molecule has 1 aliphatic rings. The Morgan fingerprint density at radius 1 is 0.976 bits per heavy atom. The molecule has 42 heavy (non-hydrogen) atoms. The number of aryl methyl sites for hydroxylation is 1. The molecule has 2 atom stereocenters. The van der Waals surface area contributed by atoms with Crippen LogP contribution in [0.5, 0.6) is 17.2 Å². The molecule has 3 aromatic rings. The predicted octanol–water partition coefficient (Wildman–Crippen LogP) is 4.93. The normalized spacial score (nSPS) is 14.4. The molecule has 0 saturated carbocycles. The summed E-state index contributed by atoms with van der Waals surface area (Å²) in [6.45, 7) is 3.86. The van der Waals surface area contributed by atoms with Gasteiger partial charge in [-0.25, -0.2) is 0 Å². The van der Waals surface area contributed by atoms with E-state index < -0.39 is 0 Å². The van der Waals surface area contributed by atoms with Crippen LogP contribution in [0.3, 0.4) is 0 Å². The van der Waals surface area contributed by atoms with Gasteiger partial charge in [-0.2, -0.15) is 0 Å². The van der Waals surface area contributed by atoms with Crippen molar-refractivity contribution in [1.29, 1.82) is 0 Å². The van der Waals surface area contributed by atoms with Crippen LogP contribution in [-0.4, -0.2) is 39.7 Å². The Kier molecular flexibility index (Phi) is 10.1. The number of anilines is 1. The number of nitrogens with one attached hydrogen (secondary N) is 3. The van der Waals surface area contributed by atoms with Gasteiger partial charge in [-0.15, -0.1) is 0 Å². The number of hydrogen-bond donors (Lipinski definition) is 3. The largest absolute Gasteiger partial charge is 0.493 e. The number of hydrogen-bond acceptors (Lipinski definition) is 7. The molecule has 0 radical (unpaired) electrons. The Balaban J connectivity index is 1.60. The summed E-state index contributed by atoms with van der Waals surface area (Å²) >= 11 is 0. The molecule has 222 valence electrons. The van der Waals surface area contributed by atoms with E-state index in [9.17, 15) is 14.4 Å². The van der Waals surface area contributed by atoms with Gasteiger partial charge in [0.2, 0.25) is 23.0 Å². The lowest BCUT2D eigenvalue weighted by molar-refractivity contribution is -0.122. The summed E-state index contributed by atoms with van der Waals surface area (Å²) in [7, 11) is 4.69. The predicted molar refractivity (Wildman–Crippen MR) is 163 cm³/mol. The first kappa shape index (κ1) is 30.4. The van der Waals surface area contributed by atoms with E-state index in [0.717, 1.165) is 22.3 Å². The number of fused-ring (bicyclic) bond motifs is 3. The first-order valence-corrected chi connectivity index (χ1v) is 14.1. The summed E-state index contributed by atoms with van der Waals surface area (Å²) in [6, 6.07) is 16.5. The second kappa shape index (κ2) is 13.9. The molecule has 1 aliphatic carbocycles. The highest BCUT2D eigenvalue weighted by molar-refractivity contribution is 5.84. The van der Waals surface area contributed by atoms with Crippen LogP contribution in [0.15, 0.2) is 59.4 Å². The summed E-state index contributed by atoms with van der Waals surface area (Å²) < 4.78 is 17.1. The van der Waals surface area contributed by atoms with Crippen molar-refractivity contribution >= 4 is 17.5 Å². The molecule has 0 saturated heterocycles. The van der Waals surface area contributed by atoms with E-state index in [0.29, 0.717) is 60.7 Å². The molecule has 9 nitrogen and oxygen atoms in total. The fraction of sp³-hybridized carbons (Fsp3) is 0.364. The summed E-state index contributed by atoms with van der Waals surface area (Å²) in [5.41, 5.74) is 4.45. The van der Waals surface area contributed by atoms with Gasteiger partial charge in [0.25, 0.3) is 0 Å². The number of amides is 2. The molecule has 2 amide bonds. The van der Waals surface area contributed by atoms with Gasteiger partial charge < -0.3 is 30.2 Å². The van der Waals surface area contributed by atoms with E-state index in [2.05, 4.69) is 16.0 Å². The molecule has 0 aromatic heterocycles. The van der Waals surface area contributed by atoms with Gasteiger partial charge in [0.05, 0.1) is 39.1 Å². The summed E-state index contributed by atoms with van der Waals surface area (Å²) in [5, 5.41) is 9.24. The number of methoxy groups -OCH3 is 3. The van der Waals surface area contributed by atoms with Crippen molar-refractivity contribution in [2.75, 3.05) is 33.2 Å². The minimum absolute atomic E-state index is 0.0490. The third kappa shape index (κ3) is 6.84. The van der Waals surface area contributed by atoms with Crippen molar-refractivity contribution in [3.63, 3.8) is 0 Å². The molecule has 4 rings (SSSR count). The zero-order chi connectivity index (χ0) is 30.2. The highest BCUT2D eigenvalue weighted by Crippen LogP contribution is 2.50. The number of rotatable bonds is 11. The molecule has 0 unspecified atom stereocenters. The molecular weight excluding hydrogens is 534 g/mol. The van der Waals surface area contributed by atoms with Crippen LogP contribution in [0.25, 0.3) is 11.1 Å². The maximum Gasteiger partial charge on any atom is 0.220 e. The Bertz CT molecular complexity index is 1490. The maximum absolute atomic E-state index is 13.4. The van der Waals surface area contributed by atoms with E-state index in [1.54, 1.807) is 33.5 Å². The third-order valence-corrected chi connectivity index (χ3v) is 7.49.